The van der Waals surface area contributed by atoms with Crippen molar-refractivity contribution >= 4 is 58.2 Å². The largest absolute Gasteiger partial charge is 0.481 e. The summed E-state index contributed by atoms with van der Waals surface area (Å²) in [6, 6.07) is 5.71. The van der Waals surface area contributed by atoms with Crippen LogP contribution in [0.3, 0.4) is 0 Å². The molecule has 3 rings (SSSR count). The van der Waals surface area contributed by atoms with Gasteiger partial charge in [-0.3, -0.25) is 24.0 Å². The second-order valence-corrected chi connectivity index (χ2v) is 14.5. The Morgan fingerprint density at radius 3 is 1.86 bits per heavy atom. The highest BCUT2D eigenvalue weighted by Crippen LogP contribution is 2.20. The van der Waals surface area contributed by atoms with Crippen molar-refractivity contribution in [3.63, 3.8) is 0 Å². The fraction of sp³-hybridized carbons (Fsp3) is 0.585. The molecule has 16 nitrogen and oxygen atoms in total. The normalized spacial score (nSPS) is 11.6. The second kappa shape index (κ2) is 25.7. The third-order valence-corrected chi connectivity index (χ3v) is 9.66. The maximum absolute atomic E-state index is 13.1. The zero-order valence-corrected chi connectivity index (χ0v) is 33.3. The van der Waals surface area contributed by atoms with Crippen LogP contribution in [0.2, 0.25) is 0 Å². The van der Waals surface area contributed by atoms with Gasteiger partial charge in [-0.25, -0.2) is 9.97 Å². The van der Waals surface area contributed by atoms with E-state index in [4.69, 9.17) is 21.3 Å². The highest BCUT2D eigenvalue weighted by Gasteiger charge is 2.22. The van der Waals surface area contributed by atoms with E-state index < -0.39 is 23.9 Å². The van der Waals surface area contributed by atoms with Crippen LogP contribution < -0.4 is 21.7 Å². The molecule has 1 atom stereocenters. The number of nitrogens with two attached hydrogens (primary N) is 2. The van der Waals surface area contributed by atoms with Gasteiger partial charge in [0, 0.05) is 44.0 Å². The van der Waals surface area contributed by atoms with E-state index in [9.17, 15) is 29.1 Å². The van der Waals surface area contributed by atoms with Gasteiger partial charge in [0.25, 0.3) is 5.91 Å². The average molecular weight is 793 g/mol. The highest BCUT2D eigenvalue weighted by molar-refractivity contribution is 5.98. The van der Waals surface area contributed by atoms with Crippen molar-refractivity contribution in [3.8, 4) is 0 Å². The first-order valence-corrected chi connectivity index (χ1v) is 20.2. The van der Waals surface area contributed by atoms with Crippen LogP contribution in [0, 0.1) is 0 Å². The Hall–Kier alpha value is -5.41. The smallest absolute Gasteiger partial charge is 0.305 e. The van der Waals surface area contributed by atoms with Gasteiger partial charge in [0.15, 0.2) is 22.8 Å². The molecule has 7 N–H and O–H groups in total. The molecule has 2 heterocycles. The number of rotatable bonds is 30. The van der Waals surface area contributed by atoms with Crippen molar-refractivity contribution in [2.24, 2.45) is 0 Å². The topological polar surface area (TPSA) is 254 Å². The minimum absolute atomic E-state index is 0.0117. The summed E-state index contributed by atoms with van der Waals surface area (Å²) in [4.78, 5) is 78.8. The Morgan fingerprint density at radius 2 is 1.28 bits per heavy atom. The molecular weight excluding hydrogens is 732 g/mol. The Balaban J connectivity index is 1.29. The van der Waals surface area contributed by atoms with Gasteiger partial charge in [0.1, 0.15) is 0 Å². The first kappa shape index (κ1) is 46.0. The number of esters is 1. The van der Waals surface area contributed by atoms with E-state index in [0.29, 0.717) is 35.4 Å². The van der Waals surface area contributed by atoms with Crippen LogP contribution in [0.25, 0.3) is 11.2 Å². The second-order valence-electron chi connectivity index (χ2n) is 14.5. The Labute approximate surface area is 334 Å². The van der Waals surface area contributed by atoms with Gasteiger partial charge >= 0.3 is 17.9 Å². The minimum atomic E-state index is -1.08. The van der Waals surface area contributed by atoms with Crippen LogP contribution in [0.4, 0.5) is 17.5 Å². The number of nitrogens with zero attached hydrogens (tertiary/aromatic N) is 5. The average Bonchev–Trinajstić information content (AvgIpc) is 3.17. The summed E-state index contributed by atoms with van der Waals surface area (Å²) in [6.45, 7) is 0.439. The van der Waals surface area contributed by atoms with Gasteiger partial charge in [0.05, 0.1) is 31.1 Å². The molecule has 0 bridgehead atoms. The number of fused-ring (bicyclic) bond motifs is 1. The molecular formula is C41H60N8O8. The first-order valence-electron chi connectivity index (χ1n) is 20.2. The number of aliphatic carboxylic acids is 2. The molecule has 0 unspecified atom stereocenters. The van der Waals surface area contributed by atoms with Crippen LogP contribution >= 0.6 is 0 Å². The quantitative estimate of drug-likeness (QED) is 0.0361. The number of benzene rings is 1. The number of anilines is 3. The summed E-state index contributed by atoms with van der Waals surface area (Å²) in [5, 5.41) is 20.6. The van der Waals surface area contributed by atoms with Gasteiger partial charge in [-0.15, -0.1) is 0 Å². The molecule has 0 saturated carbocycles. The van der Waals surface area contributed by atoms with E-state index in [0.717, 1.165) is 50.6 Å². The van der Waals surface area contributed by atoms with Crippen molar-refractivity contribution in [1.82, 2.24) is 25.3 Å². The molecule has 312 valence electrons. The van der Waals surface area contributed by atoms with Gasteiger partial charge < -0.3 is 36.6 Å². The van der Waals surface area contributed by atoms with Crippen molar-refractivity contribution < 1.29 is 38.9 Å². The number of carbonyl (C=O) groups is 5. The van der Waals surface area contributed by atoms with Crippen molar-refractivity contribution in [3.05, 3.63) is 41.7 Å². The van der Waals surface area contributed by atoms with Crippen molar-refractivity contribution in [2.75, 3.05) is 30.0 Å². The van der Waals surface area contributed by atoms with Gasteiger partial charge in [0.2, 0.25) is 5.95 Å². The number of hydrogen-bond donors (Lipinski definition) is 5. The fourth-order valence-electron chi connectivity index (χ4n) is 6.43. The zero-order chi connectivity index (χ0) is 41.4. The molecule has 0 aliphatic carbocycles. The Kier molecular flexibility index (Phi) is 20.7. The fourth-order valence-corrected chi connectivity index (χ4v) is 6.43. The lowest BCUT2D eigenvalue weighted by Crippen LogP contribution is -2.41. The van der Waals surface area contributed by atoms with Gasteiger partial charge in [-0.2, -0.15) is 9.97 Å². The standard InChI is InChI=1S/C41H60N8O8/c1-49(28-30-27-44-39-37(45-30)38(42)47-41(43)48-39)31-22-20-29(21-23-31)40(56)46-32(24-25-35(53)54)33(50)17-16-26-57-36(55)19-15-13-11-9-7-5-3-2-4-6-8-10-12-14-18-34(51)52/h20-23,27,32H,2-19,24-26,28H2,1H3,(H,46,56)(H,51,52)(H,53,54)(H4,42,43,44,47,48)/t32-/m0/s1. The number of hydrogen-bond acceptors (Lipinski definition) is 13. The lowest BCUT2D eigenvalue weighted by atomic mass is 10.0. The lowest BCUT2D eigenvalue weighted by molar-refractivity contribution is -0.144. The summed E-state index contributed by atoms with van der Waals surface area (Å²) in [6.07, 6.45) is 17.5. The van der Waals surface area contributed by atoms with Crippen LogP contribution in [-0.2, 0) is 30.5 Å². The maximum Gasteiger partial charge on any atom is 0.305 e. The van der Waals surface area contributed by atoms with Crippen molar-refractivity contribution in [2.45, 2.75) is 141 Å². The third kappa shape index (κ3) is 18.4. The van der Waals surface area contributed by atoms with E-state index in [1.807, 2.05) is 11.9 Å². The monoisotopic (exact) mass is 792 g/mol. The molecule has 0 spiro atoms. The molecule has 16 heteroatoms. The van der Waals surface area contributed by atoms with Crippen LogP contribution in [0.5, 0.6) is 0 Å². The molecule has 1 amide bonds. The van der Waals surface area contributed by atoms with E-state index in [-0.39, 0.29) is 62.2 Å². The number of carbonyl (C=O) groups excluding carboxylic acids is 3. The summed E-state index contributed by atoms with van der Waals surface area (Å²) in [5.41, 5.74) is 13.9. The number of aromatic nitrogens is 4. The lowest BCUT2D eigenvalue weighted by Gasteiger charge is -2.20. The Bertz CT molecular complexity index is 1740. The Morgan fingerprint density at radius 1 is 0.719 bits per heavy atom. The molecule has 0 radical (unpaired) electrons. The van der Waals surface area contributed by atoms with Gasteiger partial charge in [-0.1, -0.05) is 77.0 Å². The van der Waals surface area contributed by atoms with E-state index >= 15 is 0 Å². The minimum Gasteiger partial charge on any atom is -0.481 e. The number of carboxylic acid groups (broad SMARTS) is 2. The van der Waals surface area contributed by atoms with Crippen LogP contribution in [0.15, 0.2) is 30.5 Å². The zero-order valence-electron chi connectivity index (χ0n) is 33.3. The molecule has 0 aliphatic heterocycles. The van der Waals surface area contributed by atoms with Crippen LogP contribution in [0.1, 0.15) is 144 Å². The van der Waals surface area contributed by atoms with E-state index in [1.165, 1.54) is 44.9 Å². The number of carboxylic acids is 2. The summed E-state index contributed by atoms with van der Waals surface area (Å²) in [7, 11) is 1.84. The summed E-state index contributed by atoms with van der Waals surface area (Å²) < 4.78 is 5.32. The number of ketones is 1. The SMILES string of the molecule is CN(Cc1cnc2nc(N)nc(N)c2n1)c1ccc(C(=O)N[C@@H](CCC(=O)O)C(=O)CCCOC(=O)CCCCCCCCCCCCCCCCC(=O)O)cc1. The number of nitrogen functional groups attached to an aromatic ring is 2. The number of ether oxygens (including phenoxy) is 1. The predicted molar refractivity (Wildman–Crippen MR) is 217 cm³/mol. The highest BCUT2D eigenvalue weighted by atomic mass is 16.5. The first-order chi connectivity index (χ1) is 27.4. The van der Waals surface area contributed by atoms with Gasteiger partial charge in [-0.05, 0) is 49.9 Å². The molecule has 3 aromatic rings. The number of amides is 1. The van der Waals surface area contributed by atoms with E-state index in [2.05, 4.69) is 25.3 Å². The number of Topliss-reactive ketones (excluding diaryl/α,β-unsaturated/α-hetero) is 1. The molecule has 1 aromatic carbocycles. The molecule has 2 aromatic heterocycles. The molecule has 0 fully saturated rings. The number of unbranched alkanes of at least 4 members (excludes halogenated alkanes) is 13. The molecule has 0 aliphatic rings. The maximum atomic E-state index is 13.1. The summed E-state index contributed by atoms with van der Waals surface area (Å²) in [5.74, 6) is -2.78. The third-order valence-electron chi connectivity index (χ3n) is 9.66. The predicted octanol–water partition coefficient (Wildman–Crippen LogP) is 6.40. The number of nitrogens with one attached hydrogen (secondary N) is 1. The van der Waals surface area contributed by atoms with Crippen LogP contribution in [-0.4, -0.2) is 79.4 Å². The van der Waals surface area contributed by atoms with E-state index in [1.54, 1.807) is 30.5 Å². The summed E-state index contributed by atoms with van der Waals surface area (Å²) >= 11 is 0. The molecule has 0 saturated heterocycles. The van der Waals surface area contributed by atoms with Crippen molar-refractivity contribution in [1.29, 1.82) is 0 Å². The molecule has 57 heavy (non-hydrogen) atoms.